The number of ether oxygens (including phenoxy) is 2. The Balaban J connectivity index is 1.59. The molecule has 1 aliphatic rings. The number of nitrogens with one attached hydrogen (secondary N) is 2. The van der Waals surface area contributed by atoms with Crippen LogP contribution in [-0.2, 0) is 4.74 Å². The summed E-state index contributed by atoms with van der Waals surface area (Å²) < 4.78 is 11.0. The summed E-state index contributed by atoms with van der Waals surface area (Å²) in [7, 11) is 1.37. The smallest absolute Gasteiger partial charge is 0.337 e. The molecule has 1 fully saturated rings. The second-order valence-corrected chi connectivity index (χ2v) is 7.37. The molecule has 0 saturated carbocycles. The number of carbonyl (C=O) groups is 1. The number of rotatable bonds is 7. The minimum absolute atomic E-state index is 0.362. The zero-order chi connectivity index (χ0) is 20.8. The minimum Gasteiger partial charge on any atom is -0.465 e. The van der Waals surface area contributed by atoms with Gasteiger partial charge in [-0.2, -0.15) is 0 Å². The summed E-state index contributed by atoms with van der Waals surface area (Å²) in [6.45, 7) is 1.93. The van der Waals surface area contributed by atoms with Crippen LogP contribution in [0.1, 0.15) is 23.2 Å². The van der Waals surface area contributed by atoms with E-state index in [1.165, 1.54) is 20.0 Å². The first-order chi connectivity index (χ1) is 14.7. The van der Waals surface area contributed by atoms with Crippen LogP contribution in [0.2, 0.25) is 0 Å². The zero-order valence-corrected chi connectivity index (χ0v) is 17.1. The van der Waals surface area contributed by atoms with Gasteiger partial charge < -0.3 is 20.1 Å². The highest BCUT2D eigenvalue weighted by molar-refractivity contribution is 5.89. The van der Waals surface area contributed by atoms with Gasteiger partial charge in [0, 0.05) is 12.6 Å². The third-order valence-electron chi connectivity index (χ3n) is 5.29. The third kappa shape index (κ3) is 4.81. The maximum Gasteiger partial charge on any atom is 0.337 e. The van der Waals surface area contributed by atoms with Crippen molar-refractivity contribution in [3.8, 4) is 22.6 Å². The lowest BCUT2D eigenvalue weighted by atomic mass is 10.0. The van der Waals surface area contributed by atoms with E-state index in [0.717, 1.165) is 35.7 Å². The van der Waals surface area contributed by atoms with Gasteiger partial charge in [0.15, 0.2) is 5.75 Å². The predicted molar refractivity (Wildman–Crippen MR) is 119 cm³/mol. The van der Waals surface area contributed by atoms with Gasteiger partial charge in [0.2, 0.25) is 0 Å². The lowest BCUT2D eigenvalue weighted by Gasteiger charge is -2.17. The van der Waals surface area contributed by atoms with Crippen molar-refractivity contribution in [2.75, 3.05) is 25.5 Å². The van der Waals surface area contributed by atoms with E-state index in [2.05, 4.69) is 34.9 Å². The molecule has 2 N–H and O–H groups in total. The van der Waals surface area contributed by atoms with Gasteiger partial charge in [-0.25, -0.2) is 4.79 Å². The summed E-state index contributed by atoms with van der Waals surface area (Å²) in [6, 6.07) is 23.9. The molecule has 0 bridgehead atoms. The van der Waals surface area contributed by atoms with Crippen molar-refractivity contribution in [3.05, 3.63) is 78.4 Å². The number of methoxy groups -OCH3 is 1. The van der Waals surface area contributed by atoms with E-state index >= 15 is 0 Å². The number of benzene rings is 3. The van der Waals surface area contributed by atoms with Crippen molar-refractivity contribution >= 4 is 11.7 Å². The Hall–Kier alpha value is -3.31. The van der Waals surface area contributed by atoms with Gasteiger partial charge in [0.1, 0.15) is 5.75 Å². The van der Waals surface area contributed by atoms with Crippen molar-refractivity contribution in [1.82, 2.24) is 5.32 Å². The lowest BCUT2D eigenvalue weighted by molar-refractivity contribution is 0.0600. The molecule has 1 saturated heterocycles. The first-order valence-electron chi connectivity index (χ1n) is 10.3. The number of hydrogen-bond donors (Lipinski definition) is 2. The van der Waals surface area contributed by atoms with Gasteiger partial charge >= 0.3 is 5.97 Å². The molecular weight excluding hydrogens is 376 g/mol. The molecule has 3 aromatic carbocycles. The zero-order valence-electron chi connectivity index (χ0n) is 17.1. The highest BCUT2D eigenvalue weighted by Gasteiger charge is 2.15. The molecule has 1 aliphatic heterocycles. The topological polar surface area (TPSA) is 59.6 Å². The molecule has 3 aromatic rings. The van der Waals surface area contributed by atoms with Gasteiger partial charge in [-0.15, -0.1) is 0 Å². The average molecular weight is 402 g/mol. The largest absolute Gasteiger partial charge is 0.465 e. The number of anilines is 1. The van der Waals surface area contributed by atoms with Crippen LogP contribution in [0.25, 0.3) is 11.1 Å². The molecule has 0 aliphatic carbocycles. The van der Waals surface area contributed by atoms with E-state index in [0.29, 0.717) is 17.4 Å². The van der Waals surface area contributed by atoms with E-state index < -0.39 is 0 Å². The van der Waals surface area contributed by atoms with E-state index in [9.17, 15) is 4.79 Å². The molecule has 0 amide bonds. The van der Waals surface area contributed by atoms with Crippen LogP contribution < -0.4 is 15.4 Å². The Bertz CT molecular complexity index is 981. The van der Waals surface area contributed by atoms with Crippen molar-refractivity contribution in [2.45, 2.75) is 18.9 Å². The highest BCUT2D eigenvalue weighted by atomic mass is 16.5. The lowest BCUT2D eigenvalue weighted by Crippen LogP contribution is -2.29. The van der Waals surface area contributed by atoms with E-state index in [-0.39, 0.29) is 5.97 Å². The quantitative estimate of drug-likeness (QED) is 0.539. The average Bonchev–Trinajstić information content (AvgIpc) is 3.32. The molecule has 154 valence electrons. The molecule has 4 rings (SSSR count). The fourth-order valence-electron chi connectivity index (χ4n) is 3.63. The van der Waals surface area contributed by atoms with Gasteiger partial charge in [-0.1, -0.05) is 36.4 Å². The summed E-state index contributed by atoms with van der Waals surface area (Å²) in [5.41, 5.74) is 3.66. The van der Waals surface area contributed by atoms with Crippen LogP contribution in [0.15, 0.2) is 72.8 Å². The standard InChI is InChI=1S/C25H26N2O3/c1-29-25(28)19-9-12-22(13-10-19)30-24-16-20(18-6-3-2-4-7-18)11-14-23(24)27-17-21-8-5-15-26-21/h2-4,6-7,9-14,16,21,26-27H,5,8,15,17H2,1H3/t21-/m0/s1. The minimum atomic E-state index is -0.362. The Morgan fingerprint density at radius 2 is 1.83 bits per heavy atom. The summed E-state index contributed by atoms with van der Waals surface area (Å²) in [6.07, 6.45) is 2.40. The Morgan fingerprint density at radius 3 is 2.53 bits per heavy atom. The molecule has 0 aromatic heterocycles. The summed E-state index contributed by atoms with van der Waals surface area (Å²) >= 11 is 0. The van der Waals surface area contributed by atoms with Gasteiger partial charge in [-0.3, -0.25) is 0 Å². The SMILES string of the molecule is COC(=O)c1ccc(Oc2cc(-c3ccccc3)ccc2NC[C@@H]2CCCN2)cc1. The van der Waals surface area contributed by atoms with E-state index in [1.54, 1.807) is 24.3 Å². The Kier molecular flexibility index (Phi) is 6.30. The molecule has 0 radical (unpaired) electrons. The summed E-state index contributed by atoms with van der Waals surface area (Å²) in [4.78, 5) is 11.7. The molecule has 1 atom stereocenters. The van der Waals surface area contributed by atoms with Gasteiger partial charge in [0.05, 0.1) is 18.4 Å². The Morgan fingerprint density at radius 1 is 1.03 bits per heavy atom. The monoisotopic (exact) mass is 402 g/mol. The van der Waals surface area contributed by atoms with Crippen LogP contribution in [0.3, 0.4) is 0 Å². The fourth-order valence-corrected chi connectivity index (χ4v) is 3.63. The van der Waals surface area contributed by atoms with E-state index in [4.69, 9.17) is 9.47 Å². The second-order valence-electron chi connectivity index (χ2n) is 7.37. The fraction of sp³-hybridized carbons (Fsp3) is 0.240. The molecule has 30 heavy (non-hydrogen) atoms. The Labute approximate surface area is 177 Å². The van der Waals surface area contributed by atoms with E-state index in [1.807, 2.05) is 24.3 Å². The van der Waals surface area contributed by atoms with Crippen LogP contribution in [0.5, 0.6) is 11.5 Å². The maximum atomic E-state index is 11.7. The molecule has 0 unspecified atom stereocenters. The third-order valence-corrected chi connectivity index (χ3v) is 5.29. The van der Waals surface area contributed by atoms with Crippen molar-refractivity contribution in [1.29, 1.82) is 0 Å². The second kappa shape index (κ2) is 9.46. The van der Waals surface area contributed by atoms with Crippen molar-refractivity contribution in [2.24, 2.45) is 0 Å². The highest BCUT2D eigenvalue weighted by Crippen LogP contribution is 2.34. The molecular formula is C25H26N2O3. The normalized spacial score (nSPS) is 15.6. The number of carbonyl (C=O) groups excluding carboxylic acids is 1. The first-order valence-corrected chi connectivity index (χ1v) is 10.3. The predicted octanol–water partition coefficient (Wildman–Crippen LogP) is 5.10. The maximum absolute atomic E-state index is 11.7. The van der Waals surface area contributed by atoms with Crippen LogP contribution in [-0.4, -0.2) is 32.2 Å². The van der Waals surface area contributed by atoms with Gasteiger partial charge in [0.25, 0.3) is 0 Å². The first kappa shape index (κ1) is 20.0. The molecule has 5 nitrogen and oxygen atoms in total. The molecule has 0 spiro atoms. The summed E-state index contributed by atoms with van der Waals surface area (Å²) in [5.74, 6) is 1.05. The van der Waals surface area contributed by atoms with Crippen molar-refractivity contribution in [3.63, 3.8) is 0 Å². The van der Waals surface area contributed by atoms with Gasteiger partial charge in [-0.05, 0) is 66.9 Å². The number of esters is 1. The molecule has 5 heteroatoms. The van der Waals surface area contributed by atoms with Crippen LogP contribution in [0, 0.1) is 0 Å². The van der Waals surface area contributed by atoms with Crippen molar-refractivity contribution < 1.29 is 14.3 Å². The van der Waals surface area contributed by atoms with Crippen LogP contribution in [0.4, 0.5) is 5.69 Å². The number of hydrogen-bond acceptors (Lipinski definition) is 5. The summed E-state index contributed by atoms with van der Waals surface area (Å²) in [5, 5.41) is 7.04. The molecule has 1 heterocycles. The van der Waals surface area contributed by atoms with Crippen LogP contribution >= 0.6 is 0 Å².